The quantitative estimate of drug-likeness (QED) is 0.795. The van der Waals surface area contributed by atoms with E-state index >= 15 is 0 Å². The molecule has 2 rings (SSSR count). The van der Waals surface area contributed by atoms with E-state index in [9.17, 15) is 0 Å². The highest BCUT2D eigenvalue weighted by Gasteiger charge is 2.25. The standard InChI is InChI=1S/C14H28N2O/c1-3-5-13-11-16(12(2)10-15-13)8-7-14-6-4-9-17-14/h12-15H,3-11H2,1-2H3. The highest BCUT2D eigenvalue weighted by Crippen LogP contribution is 2.17. The molecule has 3 heteroatoms. The fourth-order valence-electron chi connectivity index (χ4n) is 3.03. The molecule has 0 aromatic rings. The Morgan fingerprint density at radius 3 is 2.94 bits per heavy atom. The Hall–Kier alpha value is -0.120. The van der Waals surface area contributed by atoms with E-state index in [1.165, 1.54) is 45.2 Å². The van der Waals surface area contributed by atoms with Crippen LogP contribution in [0.2, 0.25) is 0 Å². The summed E-state index contributed by atoms with van der Waals surface area (Å²) in [6.45, 7) is 9.19. The van der Waals surface area contributed by atoms with Crippen LogP contribution < -0.4 is 5.32 Å². The second kappa shape index (κ2) is 6.72. The van der Waals surface area contributed by atoms with Gasteiger partial charge in [-0.2, -0.15) is 0 Å². The lowest BCUT2D eigenvalue weighted by atomic mass is 10.0. The Labute approximate surface area is 106 Å². The molecule has 3 unspecified atom stereocenters. The van der Waals surface area contributed by atoms with E-state index in [2.05, 4.69) is 24.1 Å². The molecule has 0 bridgehead atoms. The molecule has 0 spiro atoms. The van der Waals surface area contributed by atoms with Gasteiger partial charge in [0, 0.05) is 38.3 Å². The van der Waals surface area contributed by atoms with Gasteiger partial charge in [-0.1, -0.05) is 13.3 Å². The number of nitrogens with zero attached hydrogens (tertiary/aromatic N) is 1. The van der Waals surface area contributed by atoms with Crippen molar-refractivity contribution >= 4 is 0 Å². The zero-order valence-electron chi connectivity index (χ0n) is 11.5. The lowest BCUT2D eigenvalue weighted by molar-refractivity contribution is 0.0734. The number of rotatable bonds is 5. The van der Waals surface area contributed by atoms with E-state index in [4.69, 9.17) is 4.74 Å². The maximum Gasteiger partial charge on any atom is 0.0588 e. The van der Waals surface area contributed by atoms with Gasteiger partial charge in [-0.25, -0.2) is 0 Å². The second-order valence-electron chi connectivity index (χ2n) is 5.66. The molecular weight excluding hydrogens is 212 g/mol. The van der Waals surface area contributed by atoms with E-state index < -0.39 is 0 Å². The predicted octanol–water partition coefficient (Wildman–Crippen LogP) is 2.02. The summed E-state index contributed by atoms with van der Waals surface area (Å²) >= 11 is 0. The SMILES string of the molecule is CCCC1CN(CCC2CCCO2)C(C)CN1. The summed E-state index contributed by atoms with van der Waals surface area (Å²) < 4.78 is 5.71. The van der Waals surface area contributed by atoms with Crippen molar-refractivity contribution in [3.05, 3.63) is 0 Å². The van der Waals surface area contributed by atoms with Crippen LogP contribution in [0, 0.1) is 0 Å². The lowest BCUT2D eigenvalue weighted by Gasteiger charge is -2.39. The van der Waals surface area contributed by atoms with Gasteiger partial charge >= 0.3 is 0 Å². The molecule has 3 atom stereocenters. The monoisotopic (exact) mass is 240 g/mol. The van der Waals surface area contributed by atoms with Crippen LogP contribution in [-0.2, 0) is 4.74 Å². The van der Waals surface area contributed by atoms with Crippen molar-refractivity contribution in [3.8, 4) is 0 Å². The van der Waals surface area contributed by atoms with Gasteiger partial charge in [-0.05, 0) is 32.6 Å². The maximum absolute atomic E-state index is 5.71. The van der Waals surface area contributed by atoms with E-state index in [-0.39, 0.29) is 0 Å². The highest BCUT2D eigenvalue weighted by molar-refractivity contribution is 4.84. The van der Waals surface area contributed by atoms with Crippen LogP contribution in [0.1, 0.15) is 46.0 Å². The highest BCUT2D eigenvalue weighted by atomic mass is 16.5. The van der Waals surface area contributed by atoms with Crippen LogP contribution in [0.25, 0.3) is 0 Å². The van der Waals surface area contributed by atoms with Crippen molar-refractivity contribution in [2.75, 3.05) is 26.2 Å². The van der Waals surface area contributed by atoms with Crippen LogP contribution in [0.15, 0.2) is 0 Å². The van der Waals surface area contributed by atoms with E-state index in [0.29, 0.717) is 18.2 Å². The van der Waals surface area contributed by atoms with Crippen LogP contribution in [0.5, 0.6) is 0 Å². The van der Waals surface area contributed by atoms with Gasteiger partial charge in [0.2, 0.25) is 0 Å². The third-order valence-electron chi connectivity index (χ3n) is 4.18. The van der Waals surface area contributed by atoms with Crippen molar-refractivity contribution in [1.29, 1.82) is 0 Å². The first kappa shape index (κ1) is 13.3. The molecule has 0 aromatic heterocycles. The van der Waals surface area contributed by atoms with Gasteiger partial charge in [0.05, 0.1) is 6.10 Å². The number of hydrogen-bond donors (Lipinski definition) is 1. The molecule has 17 heavy (non-hydrogen) atoms. The second-order valence-corrected chi connectivity index (χ2v) is 5.66. The molecule has 2 aliphatic rings. The zero-order chi connectivity index (χ0) is 12.1. The van der Waals surface area contributed by atoms with Gasteiger partial charge < -0.3 is 10.1 Å². The van der Waals surface area contributed by atoms with Gasteiger partial charge in [0.25, 0.3) is 0 Å². The van der Waals surface area contributed by atoms with Crippen LogP contribution in [0.3, 0.4) is 0 Å². The van der Waals surface area contributed by atoms with E-state index in [1.807, 2.05) is 0 Å². The van der Waals surface area contributed by atoms with Crippen molar-refractivity contribution in [2.45, 2.75) is 64.1 Å². The first-order valence-corrected chi connectivity index (χ1v) is 7.38. The van der Waals surface area contributed by atoms with Gasteiger partial charge in [-0.3, -0.25) is 4.90 Å². The Kier molecular flexibility index (Phi) is 5.26. The normalized spacial score (nSPS) is 35.3. The van der Waals surface area contributed by atoms with Crippen molar-refractivity contribution in [1.82, 2.24) is 10.2 Å². The summed E-state index contributed by atoms with van der Waals surface area (Å²) in [6.07, 6.45) is 6.90. The van der Waals surface area contributed by atoms with E-state index in [1.54, 1.807) is 0 Å². The molecule has 0 saturated carbocycles. The summed E-state index contributed by atoms with van der Waals surface area (Å²) in [7, 11) is 0. The molecule has 2 fully saturated rings. The molecule has 2 aliphatic heterocycles. The van der Waals surface area contributed by atoms with Crippen LogP contribution in [-0.4, -0.2) is 49.3 Å². The third kappa shape index (κ3) is 3.94. The fourth-order valence-corrected chi connectivity index (χ4v) is 3.03. The number of piperazine rings is 1. The maximum atomic E-state index is 5.71. The summed E-state index contributed by atoms with van der Waals surface area (Å²) in [4.78, 5) is 2.65. The Balaban J connectivity index is 1.72. The molecule has 2 saturated heterocycles. The smallest absolute Gasteiger partial charge is 0.0588 e. The molecule has 0 aliphatic carbocycles. The number of nitrogens with one attached hydrogen (secondary N) is 1. The minimum absolute atomic E-state index is 0.543. The number of hydrogen-bond acceptors (Lipinski definition) is 3. The largest absolute Gasteiger partial charge is 0.378 e. The zero-order valence-corrected chi connectivity index (χ0v) is 11.5. The topological polar surface area (TPSA) is 24.5 Å². The number of ether oxygens (including phenoxy) is 1. The van der Waals surface area contributed by atoms with Crippen LogP contribution >= 0.6 is 0 Å². The van der Waals surface area contributed by atoms with Gasteiger partial charge in [0.15, 0.2) is 0 Å². The Morgan fingerprint density at radius 2 is 2.24 bits per heavy atom. The van der Waals surface area contributed by atoms with Crippen molar-refractivity contribution in [3.63, 3.8) is 0 Å². The molecule has 0 amide bonds. The van der Waals surface area contributed by atoms with Gasteiger partial charge in [-0.15, -0.1) is 0 Å². The van der Waals surface area contributed by atoms with Crippen LogP contribution in [0.4, 0.5) is 0 Å². The van der Waals surface area contributed by atoms with E-state index in [0.717, 1.165) is 13.2 Å². The predicted molar refractivity (Wildman–Crippen MR) is 71.3 cm³/mol. The average Bonchev–Trinajstić information content (AvgIpc) is 2.83. The Morgan fingerprint density at radius 1 is 1.35 bits per heavy atom. The molecule has 0 radical (unpaired) electrons. The fraction of sp³-hybridized carbons (Fsp3) is 1.00. The summed E-state index contributed by atoms with van der Waals surface area (Å²) in [5, 5.41) is 3.65. The third-order valence-corrected chi connectivity index (χ3v) is 4.18. The summed E-state index contributed by atoms with van der Waals surface area (Å²) in [6, 6.07) is 1.39. The summed E-state index contributed by atoms with van der Waals surface area (Å²) in [5.74, 6) is 0. The molecule has 1 N–H and O–H groups in total. The van der Waals surface area contributed by atoms with Gasteiger partial charge in [0.1, 0.15) is 0 Å². The lowest BCUT2D eigenvalue weighted by Crippen LogP contribution is -2.55. The summed E-state index contributed by atoms with van der Waals surface area (Å²) in [5.41, 5.74) is 0. The van der Waals surface area contributed by atoms with Crippen molar-refractivity contribution in [2.24, 2.45) is 0 Å². The minimum atomic E-state index is 0.543. The minimum Gasteiger partial charge on any atom is -0.378 e. The molecular formula is C14H28N2O. The Bertz CT molecular complexity index is 216. The molecule has 3 nitrogen and oxygen atoms in total. The molecule has 100 valence electrons. The average molecular weight is 240 g/mol. The van der Waals surface area contributed by atoms with Crippen molar-refractivity contribution < 1.29 is 4.74 Å². The first-order chi connectivity index (χ1) is 8.29. The first-order valence-electron chi connectivity index (χ1n) is 7.38. The molecule has 0 aromatic carbocycles. The molecule has 2 heterocycles.